The van der Waals surface area contributed by atoms with Crippen LogP contribution in [0.15, 0.2) is 35.7 Å². The second-order valence-corrected chi connectivity index (χ2v) is 4.02. The molecule has 0 bridgehead atoms. The molecule has 0 N–H and O–H groups in total. The Morgan fingerprint density at radius 2 is 2.15 bits per heavy atom. The zero-order valence-electron chi connectivity index (χ0n) is 8.49. The SMILES string of the molecule is C=C(C)/C(F)=C1/CCC(C)CC1=C. The maximum absolute atomic E-state index is 13.5. The van der Waals surface area contributed by atoms with Gasteiger partial charge in [0.2, 0.25) is 0 Å². The van der Waals surface area contributed by atoms with Gasteiger partial charge in [-0.25, -0.2) is 4.39 Å². The number of hydrogen-bond donors (Lipinski definition) is 0. The predicted octanol–water partition coefficient (Wildman–Crippen LogP) is 4.16. The van der Waals surface area contributed by atoms with Crippen molar-refractivity contribution in [3.05, 3.63) is 35.7 Å². The molecule has 1 fully saturated rings. The van der Waals surface area contributed by atoms with Gasteiger partial charge in [-0.1, -0.05) is 20.1 Å². The van der Waals surface area contributed by atoms with Gasteiger partial charge in [0.1, 0.15) is 5.83 Å². The van der Waals surface area contributed by atoms with E-state index in [4.69, 9.17) is 0 Å². The zero-order valence-corrected chi connectivity index (χ0v) is 8.49. The molecular weight excluding hydrogens is 163 g/mol. The molecule has 0 nitrogen and oxygen atoms in total. The highest BCUT2D eigenvalue weighted by Gasteiger charge is 2.19. The van der Waals surface area contributed by atoms with E-state index in [1.807, 2.05) is 0 Å². The molecule has 0 aromatic heterocycles. The molecule has 1 aliphatic rings. The Morgan fingerprint density at radius 3 is 2.62 bits per heavy atom. The highest BCUT2D eigenvalue weighted by molar-refractivity contribution is 5.39. The van der Waals surface area contributed by atoms with E-state index < -0.39 is 0 Å². The van der Waals surface area contributed by atoms with E-state index >= 15 is 0 Å². The van der Waals surface area contributed by atoms with Crippen LogP contribution in [-0.2, 0) is 0 Å². The van der Waals surface area contributed by atoms with Crippen LogP contribution in [0.5, 0.6) is 0 Å². The van der Waals surface area contributed by atoms with Crippen molar-refractivity contribution in [2.45, 2.75) is 33.1 Å². The summed E-state index contributed by atoms with van der Waals surface area (Å²) in [4.78, 5) is 0. The normalized spacial score (nSPS) is 27.3. The minimum Gasteiger partial charge on any atom is -0.206 e. The molecule has 1 atom stereocenters. The minimum absolute atomic E-state index is 0.142. The molecule has 0 heterocycles. The van der Waals surface area contributed by atoms with Crippen molar-refractivity contribution >= 4 is 0 Å². The minimum atomic E-state index is -0.142. The van der Waals surface area contributed by atoms with E-state index in [2.05, 4.69) is 20.1 Å². The first-order valence-electron chi connectivity index (χ1n) is 4.75. The van der Waals surface area contributed by atoms with Gasteiger partial charge in [0.15, 0.2) is 0 Å². The maximum atomic E-state index is 13.5. The molecule has 0 aromatic rings. The Labute approximate surface area is 79.8 Å². The van der Waals surface area contributed by atoms with Gasteiger partial charge in [-0.15, -0.1) is 0 Å². The molecule has 0 saturated heterocycles. The molecule has 0 aromatic carbocycles. The van der Waals surface area contributed by atoms with Crippen LogP contribution in [0.3, 0.4) is 0 Å². The third kappa shape index (κ3) is 2.30. The second-order valence-electron chi connectivity index (χ2n) is 4.02. The predicted molar refractivity (Wildman–Crippen MR) is 55.1 cm³/mol. The van der Waals surface area contributed by atoms with E-state index in [-0.39, 0.29) is 5.83 Å². The molecule has 1 rings (SSSR count). The second kappa shape index (κ2) is 3.91. The fourth-order valence-corrected chi connectivity index (χ4v) is 1.74. The molecule has 13 heavy (non-hydrogen) atoms. The summed E-state index contributed by atoms with van der Waals surface area (Å²) >= 11 is 0. The van der Waals surface area contributed by atoms with Crippen molar-refractivity contribution in [2.75, 3.05) is 0 Å². The summed E-state index contributed by atoms with van der Waals surface area (Å²) in [5.41, 5.74) is 2.27. The third-order valence-corrected chi connectivity index (χ3v) is 2.55. The number of allylic oxidation sites excluding steroid dienone is 4. The molecular formula is C12H17F. The van der Waals surface area contributed by atoms with Crippen molar-refractivity contribution in [3.8, 4) is 0 Å². The molecule has 0 amide bonds. The Balaban J connectivity index is 2.88. The van der Waals surface area contributed by atoms with Gasteiger partial charge < -0.3 is 0 Å². The van der Waals surface area contributed by atoms with Crippen LogP contribution in [0, 0.1) is 5.92 Å². The van der Waals surface area contributed by atoms with Crippen LogP contribution >= 0.6 is 0 Å². The molecule has 0 radical (unpaired) electrons. The lowest BCUT2D eigenvalue weighted by molar-refractivity contribution is 0.486. The smallest absolute Gasteiger partial charge is 0.128 e. The van der Waals surface area contributed by atoms with Crippen molar-refractivity contribution in [2.24, 2.45) is 5.92 Å². The monoisotopic (exact) mass is 180 g/mol. The standard InChI is InChI=1S/C12H17F/c1-8(2)12(13)11-6-5-9(3)7-10(11)4/h9H,1,4-7H2,2-3H3/b12-11+. The average molecular weight is 180 g/mol. The fraction of sp³-hybridized carbons (Fsp3) is 0.500. The Hall–Kier alpha value is -0.850. The summed E-state index contributed by atoms with van der Waals surface area (Å²) in [6.45, 7) is 11.4. The van der Waals surface area contributed by atoms with Crippen LogP contribution in [0.2, 0.25) is 0 Å². The van der Waals surface area contributed by atoms with Crippen molar-refractivity contribution in [3.63, 3.8) is 0 Å². The van der Waals surface area contributed by atoms with Crippen LogP contribution in [0.4, 0.5) is 4.39 Å². The molecule has 1 saturated carbocycles. The van der Waals surface area contributed by atoms with Crippen LogP contribution in [0.25, 0.3) is 0 Å². The Bertz CT molecular complexity index is 271. The fourth-order valence-electron chi connectivity index (χ4n) is 1.74. The van der Waals surface area contributed by atoms with Gasteiger partial charge in [0, 0.05) is 0 Å². The molecule has 1 heteroatoms. The molecule has 0 spiro atoms. The highest BCUT2D eigenvalue weighted by atomic mass is 19.1. The molecule has 1 aliphatic carbocycles. The van der Waals surface area contributed by atoms with Gasteiger partial charge in [0.25, 0.3) is 0 Å². The summed E-state index contributed by atoms with van der Waals surface area (Å²) in [6.07, 6.45) is 2.81. The van der Waals surface area contributed by atoms with Crippen LogP contribution in [-0.4, -0.2) is 0 Å². The quantitative estimate of drug-likeness (QED) is 0.568. The molecule has 1 unspecified atom stereocenters. The Kier molecular flexibility index (Phi) is 3.07. The summed E-state index contributed by atoms with van der Waals surface area (Å²) < 4.78 is 13.5. The van der Waals surface area contributed by atoms with Gasteiger partial charge in [0.05, 0.1) is 0 Å². The maximum Gasteiger partial charge on any atom is 0.128 e. The van der Waals surface area contributed by atoms with E-state index in [0.717, 1.165) is 30.4 Å². The number of halogens is 1. The van der Waals surface area contributed by atoms with Gasteiger partial charge in [-0.3, -0.25) is 0 Å². The van der Waals surface area contributed by atoms with Crippen LogP contribution < -0.4 is 0 Å². The lowest BCUT2D eigenvalue weighted by Gasteiger charge is -2.23. The largest absolute Gasteiger partial charge is 0.206 e. The number of hydrogen-bond acceptors (Lipinski definition) is 0. The molecule has 72 valence electrons. The molecule has 0 aliphatic heterocycles. The van der Waals surface area contributed by atoms with Gasteiger partial charge in [-0.05, 0) is 48.8 Å². The van der Waals surface area contributed by atoms with E-state index in [1.54, 1.807) is 6.92 Å². The summed E-state index contributed by atoms with van der Waals surface area (Å²) in [5, 5.41) is 0. The summed E-state index contributed by atoms with van der Waals surface area (Å²) in [7, 11) is 0. The van der Waals surface area contributed by atoms with Crippen LogP contribution in [0.1, 0.15) is 33.1 Å². The van der Waals surface area contributed by atoms with E-state index in [0.29, 0.717) is 11.5 Å². The van der Waals surface area contributed by atoms with Crippen molar-refractivity contribution in [1.82, 2.24) is 0 Å². The summed E-state index contributed by atoms with van der Waals surface area (Å²) in [5.74, 6) is 0.506. The van der Waals surface area contributed by atoms with Gasteiger partial charge in [-0.2, -0.15) is 0 Å². The first kappa shape index (κ1) is 10.2. The van der Waals surface area contributed by atoms with Gasteiger partial charge >= 0.3 is 0 Å². The lowest BCUT2D eigenvalue weighted by atomic mass is 9.83. The zero-order chi connectivity index (χ0) is 10.0. The third-order valence-electron chi connectivity index (χ3n) is 2.55. The van der Waals surface area contributed by atoms with E-state index in [9.17, 15) is 4.39 Å². The topological polar surface area (TPSA) is 0 Å². The first-order chi connectivity index (χ1) is 6.02. The van der Waals surface area contributed by atoms with Crippen molar-refractivity contribution in [1.29, 1.82) is 0 Å². The lowest BCUT2D eigenvalue weighted by Crippen LogP contribution is -2.08. The van der Waals surface area contributed by atoms with Crippen molar-refractivity contribution < 1.29 is 4.39 Å². The summed E-state index contributed by atoms with van der Waals surface area (Å²) in [6, 6.07) is 0. The average Bonchev–Trinajstić information content (AvgIpc) is 2.03. The number of rotatable bonds is 1. The highest BCUT2D eigenvalue weighted by Crippen LogP contribution is 2.35. The Morgan fingerprint density at radius 1 is 1.54 bits per heavy atom. The van der Waals surface area contributed by atoms with E-state index in [1.165, 1.54) is 0 Å². The first-order valence-corrected chi connectivity index (χ1v) is 4.75.